The predicted molar refractivity (Wildman–Crippen MR) is 117 cm³/mol. The molecular formula is C21H20ClFN4OS. The van der Waals surface area contributed by atoms with Crippen molar-refractivity contribution in [1.29, 1.82) is 0 Å². The second-order valence-electron chi connectivity index (χ2n) is 6.54. The van der Waals surface area contributed by atoms with Crippen molar-refractivity contribution in [3.8, 4) is 0 Å². The third-order valence-electron chi connectivity index (χ3n) is 4.51. The van der Waals surface area contributed by atoms with E-state index >= 15 is 0 Å². The van der Waals surface area contributed by atoms with Gasteiger partial charge >= 0.3 is 0 Å². The number of thiazole rings is 1. The van der Waals surface area contributed by atoms with Crippen LogP contribution in [0, 0.1) is 12.7 Å². The van der Waals surface area contributed by atoms with Gasteiger partial charge in [-0.25, -0.2) is 14.4 Å². The van der Waals surface area contributed by atoms with Crippen LogP contribution in [0.5, 0.6) is 0 Å². The van der Waals surface area contributed by atoms with E-state index in [1.54, 1.807) is 29.6 Å². The number of imidazole rings is 1. The first kappa shape index (κ1) is 21.0. The first-order valence-electron chi connectivity index (χ1n) is 9.01. The maximum Gasteiger partial charge on any atom is 0.260 e. The van der Waals surface area contributed by atoms with Gasteiger partial charge in [-0.05, 0) is 43.2 Å². The minimum Gasteiger partial charge on any atom is -0.337 e. The normalized spacial score (nSPS) is 10.7. The van der Waals surface area contributed by atoms with Gasteiger partial charge in [0.1, 0.15) is 5.82 Å². The Balaban J connectivity index is 0.00000240. The standard InChI is InChI=1S/C21H19FN4OS.ClH/c1-15-5-2-8-18-19(15)24-21(28-18)26(11-4-10-25-12-9-23-14-25)20(27)16-6-3-7-17(22)13-16;/h2-3,5-9,12-14H,4,10-11H2,1H3;1H. The molecule has 4 rings (SSSR count). The number of fused-ring (bicyclic) bond motifs is 1. The second-order valence-corrected chi connectivity index (χ2v) is 7.55. The summed E-state index contributed by atoms with van der Waals surface area (Å²) in [5.41, 5.74) is 2.28. The molecule has 2 aromatic carbocycles. The third kappa shape index (κ3) is 4.63. The van der Waals surface area contributed by atoms with E-state index in [0.29, 0.717) is 17.2 Å². The van der Waals surface area contributed by atoms with Crippen LogP contribution < -0.4 is 4.90 Å². The molecule has 2 heterocycles. The Kier molecular flexibility index (Phi) is 6.61. The second kappa shape index (κ2) is 9.15. The first-order chi connectivity index (χ1) is 13.6. The SMILES string of the molecule is Cc1cccc2sc(N(CCCn3ccnc3)C(=O)c3cccc(F)c3)nc12.Cl. The zero-order chi connectivity index (χ0) is 19.5. The van der Waals surface area contributed by atoms with E-state index in [0.717, 1.165) is 28.7 Å². The summed E-state index contributed by atoms with van der Waals surface area (Å²) in [5, 5.41) is 0.629. The summed E-state index contributed by atoms with van der Waals surface area (Å²) < 4.78 is 16.7. The highest BCUT2D eigenvalue weighted by atomic mass is 35.5. The summed E-state index contributed by atoms with van der Waals surface area (Å²) in [6.45, 7) is 3.22. The fourth-order valence-electron chi connectivity index (χ4n) is 3.08. The highest BCUT2D eigenvalue weighted by Gasteiger charge is 2.21. The predicted octanol–water partition coefficient (Wildman–Crippen LogP) is 5.10. The Morgan fingerprint density at radius 1 is 1.24 bits per heavy atom. The van der Waals surface area contributed by atoms with Gasteiger partial charge in [0, 0.05) is 31.0 Å². The van der Waals surface area contributed by atoms with Crippen molar-refractivity contribution in [2.24, 2.45) is 0 Å². The molecule has 5 nitrogen and oxygen atoms in total. The smallest absolute Gasteiger partial charge is 0.260 e. The molecule has 0 aliphatic heterocycles. The number of nitrogens with zero attached hydrogens (tertiary/aromatic N) is 4. The quantitative estimate of drug-likeness (QED) is 0.427. The molecule has 0 saturated heterocycles. The number of carbonyl (C=O) groups is 1. The largest absolute Gasteiger partial charge is 0.337 e. The molecule has 4 aromatic rings. The Bertz CT molecular complexity index is 1110. The van der Waals surface area contributed by atoms with E-state index in [1.807, 2.05) is 35.9 Å². The fraction of sp³-hybridized carbons (Fsp3) is 0.190. The number of amides is 1. The van der Waals surface area contributed by atoms with E-state index in [1.165, 1.54) is 23.5 Å². The van der Waals surface area contributed by atoms with Gasteiger partial charge in [0.2, 0.25) is 0 Å². The van der Waals surface area contributed by atoms with E-state index in [-0.39, 0.29) is 18.3 Å². The molecule has 0 radical (unpaired) electrons. The number of para-hydroxylation sites is 1. The van der Waals surface area contributed by atoms with Crippen LogP contribution in [0.15, 0.2) is 61.2 Å². The molecule has 0 saturated carbocycles. The average molecular weight is 431 g/mol. The number of benzene rings is 2. The lowest BCUT2D eigenvalue weighted by molar-refractivity contribution is 0.0986. The highest BCUT2D eigenvalue weighted by molar-refractivity contribution is 7.22. The number of hydrogen-bond donors (Lipinski definition) is 0. The van der Waals surface area contributed by atoms with Crippen LogP contribution in [0.1, 0.15) is 22.3 Å². The average Bonchev–Trinajstić information content (AvgIpc) is 3.35. The van der Waals surface area contributed by atoms with E-state index < -0.39 is 5.82 Å². The molecule has 0 aliphatic carbocycles. The molecule has 0 bridgehead atoms. The van der Waals surface area contributed by atoms with Gasteiger partial charge in [-0.2, -0.15) is 0 Å². The van der Waals surface area contributed by atoms with E-state index in [2.05, 4.69) is 4.98 Å². The molecule has 0 N–H and O–H groups in total. The molecule has 8 heteroatoms. The molecule has 29 heavy (non-hydrogen) atoms. The summed E-state index contributed by atoms with van der Waals surface area (Å²) >= 11 is 1.48. The topological polar surface area (TPSA) is 51.0 Å². The summed E-state index contributed by atoms with van der Waals surface area (Å²) in [6, 6.07) is 11.8. The van der Waals surface area contributed by atoms with E-state index in [4.69, 9.17) is 4.98 Å². The Hall–Kier alpha value is -2.77. The summed E-state index contributed by atoms with van der Waals surface area (Å²) in [6.07, 6.45) is 6.10. The van der Waals surface area contributed by atoms with Crippen molar-refractivity contribution >= 4 is 45.0 Å². The van der Waals surface area contributed by atoms with Crippen LogP contribution in [0.25, 0.3) is 10.2 Å². The van der Waals surface area contributed by atoms with Crippen LogP contribution in [0.4, 0.5) is 9.52 Å². The number of halogens is 2. The van der Waals surface area contributed by atoms with Crippen LogP contribution in [0.2, 0.25) is 0 Å². The number of hydrogen-bond acceptors (Lipinski definition) is 4. The number of carbonyl (C=O) groups excluding carboxylic acids is 1. The molecule has 1 amide bonds. The van der Waals surface area contributed by atoms with Crippen LogP contribution >= 0.6 is 23.7 Å². The monoisotopic (exact) mass is 430 g/mol. The van der Waals surface area contributed by atoms with Crippen molar-refractivity contribution < 1.29 is 9.18 Å². The number of aryl methyl sites for hydroxylation is 2. The van der Waals surface area contributed by atoms with Crippen molar-refractivity contribution in [2.45, 2.75) is 19.9 Å². The van der Waals surface area contributed by atoms with Crippen LogP contribution in [0.3, 0.4) is 0 Å². The van der Waals surface area contributed by atoms with Gasteiger partial charge in [0.25, 0.3) is 5.91 Å². The molecule has 2 aromatic heterocycles. The molecule has 0 atom stereocenters. The Morgan fingerprint density at radius 3 is 2.79 bits per heavy atom. The van der Waals surface area contributed by atoms with Gasteiger partial charge < -0.3 is 4.57 Å². The van der Waals surface area contributed by atoms with Crippen molar-refractivity contribution in [3.05, 3.63) is 78.1 Å². The van der Waals surface area contributed by atoms with Gasteiger partial charge in [-0.1, -0.05) is 29.5 Å². The number of rotatable bonds is 6. The Morgan fingerprint density at radius 2 is 2.07 bits per heavy atom. The molecule has 150 valence electrons. The third-order valence-corrected chi connectivity index (χ3v) is 5.56. The van der Waals surface area contributed by atoms with Gasteiger partial charge in [-0.3, -0.25) is 9.69 Å². The highest BCUT2D eigenvalue weighted by Crippen LogP contribution is 2.31. The minimum absolute atomic E-state index is 0. The minimum atomic E-state index is -0.427. The molecule has 0 unspecified atom stereocenters. The van der Waals surface area contributed by atoms with Crippen molar-refractivity contribution in [3.63, 3.8) is 0 Å². The number of aromatic nitrogens is 3. The Labute approximate surface area is 178 Å². The first-order valence-corrected chi connectivity index (χ1v) is 9.83. The molecule has 0 aliphatic rings. The van der Waals surface area contributed by atoms with E-state index in [9.17, 15) is 9.18 Å². The zero-order valence-corrected chi connectivity index (χ0v) is 17.4. The molecule has 0 fully saturated rings. The van der Waals surface area contributed by atoms with Gasteiger partial charge in [0.15, 0.2) is 5.13 Å². The molecular weight excluding hydrogens is 411 g/mol. The summed E-state index contributed by atoms with van der Waals surface area (Å²) in [7, 11) is 0. The maximum atomic E-state index is 13.7. The lowest BCUT2D eigenvalue weighted by Gasteiger charge is -2.20. The maximum absolute atomic E-state index is 13.7. The summed E-state index contributed by atoms with van der Waals surface area (Å²) in [4.78, 5) is 23.6. The van der Waals surface area contributed by atoms with Gasteiger partial charge in [0.05, 0.1) is 16.5 Å². The zero-order valence-electron chi connectivity index (χ0n) is 15.8. The van der Waals surface area contributed by atoms with Crippen LogP contribution in [-0.2, 0) is 6.54 Å². The summed E-state index contributed by atoms with van der Waals surface area (Å²) in [5.74, 6) is -0.675. The molecule has 0 spiro atoms. The van der Waals surface area contributed by atoms with Crippen molar-refractivity contribution in [2.75, 3.05) is 11.4 Å². The van der Waals surface area contributed by atoms with Crippen LogP contribution in [-0.4, -0.2) is 27.0 Å². The van der Waals surface area contributed by atoms with Crippen molar-refractivity contribution in [1.82, 2.24) is 14.5 Å². The fourth-order valence-corrected chi connectivity index (χ4v) is 4.15. The lowest BCUT2D eigenvalue weighted by Crippen LogP contribution is -2.32. The lowest BCUT2D eigenvalue weighted by atomic mass is 10.2. The number of anilines is 1. The van der Waals surface area contributed by atoms with Gasteiger partial charge in [-0.15, -0.1) is 12.4 Å².